The van der Waals surface area contributed by atoms with Crippen molar-refractivity contribution in [2.75, 3.05) is 11.9 Å². The second-order valence-electron chi connectivity index (χ2n) is 11.9. The number of fused-ring (bicyclic) bond motifs is 1. The Hall–Kier alpha value is -3.26. The number of alkyl halides is 2. The van der Waals surface area contributed by atoms with Crippen LogP contribution >= 0.6 is 41.9 Å². The molecule has 4 N–H and O–H groups in total. The summed E-state index contributed by atoms with van der Waals surface area (Å²) < 4.78 is 40.3. The van der Waals surface area contributed by atoms with Crippen LogP contribution in [0.3, 0.4) is 0 Å². The summed E-state index contributed by atoms with van der Waals surface area (Å²) in [4.78, 5) is 65.6. The van der Waals surface area contributed by atoms with Gasteiger partial charge >= 0.3 is 13.3 Å². The number of rotatable bonds is 8. The Balaban J connectivity index is 1.31. The highest BCUT2D eigenvalue weighted by molar-refractivity contribution is 7.52. The van der Waals surface area contributed by atoms with Crippen molar-refractivity contribution >= 4 is 74.8 Å². The fourth-order valence-corrected chi connectivity index (χ4v) is 7.47. The van der Waals surface area contributed by atoms with Crippen LogP contribution in [-0.2, 0) is 19.8 Å². The molecule has 46 heavy (non-hydrogen) atoms. The standard InChI is InChI=1S/C30H30ClF2N4O6PS2/c1-29(2,3)24(35-26(39)22-14-17-13-18(8-11-21(17)45-22)30(32,33)44(41,42)43)27(40)37-12-4-5-20(37)25(38)36-28-34-15-23(46-28)16-6-9-19(31)10-7-16/h6-11,13-15,20,24H,4-5,12H2,1-3H3,(H,35,39)(H,34,36,38)(H2,41,42,43). The van der Waals surface area contributed by atoms with Crippen LogP contribution in [0, 0.1) is 5.41 Å². The number of halogens is 3. The molecule has 16 heteroatoms. The highest BCUT2D eigenvalue weighted by Gasteiger charge is 2.50. The maximum atomic E-state index is 14.3. The molecule has 0 bridgehead atoms. The van der Waals surface area contributed by atoms with Crippen molar-refractivity contribution in [1.29, 1.82) is 0 Å². The van der Waals surface area contributed by atoms with E-state index < -0.39 is 54.0 Å². The molecule has 1 aliphatic heterocycles. The Labute approximate surface area is 275 Å². The second-order valence-corrected chi connectivity index (χ2v) is 16.1. The molecule has 10 nitrogen and oxygen atoms in total. The quantitative estimate of drug-likeness (QED) is 0.149. The third-order valence-electron chi connectivity index (χ3n) is 7.54. The molecule has 3 heterocycles. The molecule has 2 unspecified atom stereocenters. The number of benzene rings is 2. The lowest BCUT2D eigenvalue weighted by Gasteiger charge is -2.35. The van der Waals surface area contributed by atoms with E-state index in [0.29, 0.717) is 34.2 Å². The van der Waals surface area contributed by atoms with Crippen LogP contribution in [0.4, 0.5) is 13.9 Å². The van der Waals surface area contributed by atoms with Crippen LogP contribution in [-0.4, -0.2) is 56.0 Å². The molecule has 0 aliphatic carbocycles. The van der Waals surface area contributed by atoms with Crippen LogP contribution in [0.5, 0.6) is 0 Å². The second kappa shape index (κ2) is 12.7. The van der Waals surface area contributed by atoms with Gasteiger partial charge in [-0.15, -0.1) is 11.3 Å². The van der Waals surface area contributed by atoms with Gasteiger partial charge in [-0.2, -0.15) is 8.78 Å². The molecule has 1 aliphatic rings. The number of carbonyl (C=O) groups excluding carboxylic acids is 3. The molecule has 2 aromatic carbocycles. The number of hydrogen-bond acceptors (Lipinski definition) is 7. The number of likely N-dealkylation sites (tertiary alicyclic amines) is 1. The predicted octanol–water partition coefficient (Wildman–Crippen LogP) is 6.68. The average Bonchev–Trinajstić information content (AvgIpc) is 3.74. The van der Waals surface area contributed by atoms with Gasteiger partial charge in [0.1, 0.15) is 12.1 Å². The molecule has 3 amide bonds. The number of hydrogen-bond donors (Lipinski definition) is 4. The first-order valence-corrected chi connectivity index (χ1v) is 17.7. The maximum Gasteiger partial charge on any atom is 0.399 e. The van der Waals surface area contributed by atoms with Crippen molar-refractivity contribution in [3.05, 3.63) is 70.2 Å². The zero-order chi connectivity index (χ0) is 33.6. The summed E-state index contributed by atoms with van der Waals surface area (Å²) in [5.41, 5.74) is -5.15. The van der Waals surface area contributed by atoms with Gasteiger partial charge in [0.15, 0.2) is 5.13 Å². The van der Waals surface area contributed by atoms with Crippen molar-refractivity contribution in [2.45, 2.75) is 51.4 Å². The molecular weight excluding hydrogens is 681 g/mol. The summed E-state index contributed by atoms with van der Waals surface area (Å²) in [6, 6.07) is 9.83. The van der Waals surface area contributed by atoms with E-state index >= 15 is 0 Å². The van der Waals surface area contributed by atoms with Gasteiger partial charge in [-0.25, -0.2) is 4.98 Å². The van der Waals surface area contributed by atoms with Crippen molar-refractivity contribution in [2.24, 2.45) is 5.41 Å². The Bertz CT molecular complexity index is 1850. The SMILES string of the molecule is CC(C)(C)C(NC(=O)c1cc2cc(C(F)(F)P(=O)(O)O)ccc2s1)C(=O)N1CCCC1C(=O)Nc1ncc(-c2ccc(Cl)cc2)s1. The van der Waals surface area contributed by atoms with E-state index in [1.54, 1.807) is 39.1 Å². The number of carbonyl (C=O) groups is 3. The van der Waals surface area contributed by atoms with Gasteiger partial charge in [-0.3, -0.25) is 18.9 Å². The van der Waals surface area contributed by atoms with Crippen LogP contribution in [0.1, 0.15) is 48.8 Å². The van der Waals surface area contributed by atoms with E-state index in [0.717, 1.165) is 33.9 Å². The fourth-order valence-electron chi connectivity index (χ4n) is 5.10. The van der Waals surface area contributed by atoms with E-state index in [1.807, 2.05) is 12.1 Å². The molecule has 1 fully saturated rings. The van der Waals surface area contributed by atoms with Crippen molar-refractivity contribution in [3.63, 3.8) is 0 Å². The average molecular weight is 711 g/mol. The van der Waals surface area contributed by atoms with Gasteiger partial charge in [0.05, 0.1) is 9.75 Å². The molecule has 0 saturated carbocycles. The molecule has 1 saturated heterocycles. The van der Waals surface area contributed by atoms with Crippen LogP contribution in [0.25, 0.3) is 20.5 Å². The molecule has 2 aromatic heterocycles. The fraction of sp³-hybridized carbons (Fsp3) is 0.333. The highest BCUT2D eigenvalue weighted by Crippen LogP contribution is 2.59. The summed E-state index contributed by atoms with van der Waals surface area (Å²) >= 11 is 8.24. The summed E-state index contributed by atoms with van der Waals surface area (Å²) in [7, 11) is -5.77. The lowest BCUT2D eigenvalue weighted by Crippen LogP contribution is -2.57. The maximum absolute atomic E-state index is 14.3. The minimum Gasteiger partial charge on any atom is -0.339 e. The van der Waals surface area contributed by atoms with Crippen LogP contribution in [0.15, 0.2) is 54.7 Å². The normalized spacial score (nSPS) is 16.4. The van der Waals surface area contributed by atoms with E-state index in [-0.39, 0.29) is 10.3 Å². The summed E-state index contributed by atoms with van der Waals surface area (Å²) in [6.45, 7) is 5.63. The lowest BCUT2D eigenvalue weighted by atomic mass is 9.85. The molecule has 2 atom stereocenters. The third-order valence-corrected chi connectivity index (χ3v) is 10.9. The Morgan fingerprint density at radius 1 is 1.09 bits per heavy atom. The predicted molar refractivity (Wildman–Crippen MR) is 174 cm³/mol. The van der Waals surface area contributed by atoms with Gasteiger partial charge in [0.2, 0.25) is 11.8 Å². The third kappa shape index (κ3) is 7.02. The molecule has 0 spiro atoms. The summed E-state index contributed by atoms with van der Waals surface area (Å²) in [5.74, 6) is -1.46. The number of thiazole rings is 1. The Morgan fingerprint density at radius 2 is 1.78 bits per heavy atom. The molecule has 4 aromatic rings. The Kier molecular flexibility index (Phi) is 9.44. The highest BCUT2D eigenvalue weighted by atomic mass is 35.5. The summed E-state index contributed by atoms with van der Waals surface area (Å²) in [5, 5.41) is 6.75. The molecule has 244 valence electrons. The topological polar surface area (TPSA) is 149 Å². The lowest BCUT2D eigenvalue weighted by molar-refractivity contribution is -0.140. The van der Waals surface area contributed by atoms with Crippen LogP contribution < -0.4 is 10.6 Å². The summed E-state index contributed by atoms with van der Waals surface area (Å²) in [6.07, 6.45) is 2.65. The van der Waals surface area contributed by atoms with E-state index in [1.165, 1.54) is 28.4 Å². The number of aromatic nitrogens is 1. The van der Waals surface area contributed by atoms with E-state index in [9.17, 15) is 27.7 Å². The van der Waals surface area contributed by atoms with Gasteiger partial charge in [-0.1, -0.05) is 61.9 Å². The largest absolute Gasteiger partial charge is 0.399 e. The van der Waals surface area contributed by atoms with Crippen molar-refractivity contribution in [3.8, 4) is 10.4 Å². The number of anilines is 1. The number of nitrogens with zero attached hydrogens (tertiary/aromatic N) is 2. The minimum atomic E-state index is -5.77. The zero-order valence-electron chi connectivity index (χ0n) is 24.8. The number of amides is 3. The molecular formula is C30H30ClF2N4O6PS2. The van der Waals surface area contributed by atoms with Crippen molar-refractivity contribution in [1.82, 2.24) is 15.2 Å². The van der Waals surface area contributed by atoms with Crippen LogP contribution in [0.2, 0.25) is 5.02 Å². The minimum absolute atomic E-state index is 0.115. The smallest absolute Gasteiger partial charge is 0.339 e. The molecule has 0 radical (unpaired) electrons. The first-order valence-electron chi connectivity index (χ1n) is 14.1. The Morgan fingerprint density at radius 3 is 2.43 bits per heavy atom. The first kappa shape index (κ1) is 34.1. The zero-order valence-corrected chi connectivity index (χ0v) is 28.1. The van der Waals surface area contributed by atoms with E-state index in [2.05, 4.69) is 15.6 Å². The van der Waals surface area contributed by atoms with Gasteiger partial charge in [0, 0.05) is 28.0 Å². The molecule has 5 rings (SSSR count). The number of nitrogens with one attached hydrogen (secondary N) is 2. The van der Waals surface area contributed by atoms with Gasteiger partial charge in [-0.05, 0) is 59.5 Å². The van der Waals surface area contributed by atoms with Gasteiger partial charge < -0.3 is 25.3 Å². The van der Waals surface area contributed by atoms with Gasteiger partial charge in [0.25, 0.3) is 5.91 Å². The van der Waals surface area contributed by atoms with E-state index in [4.69, 9.17) is 21.4 Å². The first-order chi connectivity index (χ1) is 21.5. The monoisotopic (exact) mass is 710 g/mol. The number of thiophene rings is 1. The van der Waals surface area contributed by atoms with Crippen molar-refractivity contribution < 1.29 is 37.5 Å².